The molecule has 144 valence electrons. The maximum Gasteiger partial charge on any atom is 0.0659 e. The van der Waals surface area contributed by atoms with E-state index in [-0.39, 0.29) is 0 Å². The highest BCUT2D eigenvalue weighted by Gasteiger charge is 2.19. The lowest BCUT2D eigenvalue weighted by molar-refractivity contribution is 0.0397. The predicted octanol–water partition coefficient (Wildman–Crippen LogP) is 4.96. The van der Waals surface area contributed by atoms with Crippen LogP contribution in [0, 0.1) is 0 Å². The molecule has 0 amide bonds. The largest absolute Gasteiger partial charge is 0.378 e. The van der Waals surface area contributed by atoms with Crippen LogP contribution in [0.3, 0.4) is 0 Å². The zero-order valence-corrected chi connectivity index (χ0v) is 16.2. The van der Waals surface area contributed by atoms with Crippen LogP contribution < -0.4 is 0 Å². The van der Waals surface area contributed by atoms with E-state index >= 15 is 0 Å². The summed E-state index contributed by atoms with van der Waals surface area (Å²) in [4.78, 5) is 0. The number of rotatable bonds is 4. The second-order valence-electron chi connectivity index (χ2n) is 7.13. The number of morpholine rings is 1. The molecule has 4 aromatic rings. The van der Waals surface area contributed by atoms with E-state index in [1.165, 1.54) is 16.5 Å². The lowest BCUT2D eigenvalue weighted by Gasteiger charge is -2.23. The fourth-order valence-corrected chi connectivity index (χ4v) is 3.93. The number of fused-ring (bicyclic) bond motifs is 1. The summed E-state index contributed by atoms with van der Waals surface area (Å²) in [6.07, 6.45) is 2.02. The average Bonchev–Trinajstić information content (AvgIpc) is 3.14. The molecule has 29 heavy (non-hydrogen) atoms. The van der Waals surface area contributed by atoms with Gasteiger partial charge in [-0.2, -0.15) is 5.10 Å². The topological polar surface area (TPSA) is 29.8 Å². The normalized spacial score (nSPS) is 14.7. The number of aromatic nitrogens is 1. The van der Waals surface area contributed by atoms with Gasteiger partial charge in [-0.15, -0.1) is 0 Å². The molecule has 2 heterocycles. The summed E-state index contributed by atoms with van der Waals surface area (Å²) in [5, 5.41) is 8.10. The molecule has 1 aliphatic rings. The maximum absolute atomic E-state index is 5.46. The Bertz CT molecular complexity index is 1130. The summed E-state index contributed by atoms with van der Waals surface area (Å²) in [5.74, 6) is 0. The van der Waals surface area contributed by atoms with Crippen LogP contribution in [0.15, 0.2) is 90.0 Å². The number of nitrogens with zero attached hydrogens (tertiary/aromatic N) is 3. The SMILES string of the molecule is C(=NN1CCOCC1)c1c(-c2ccccc2)n(-c2ccccc2)c2ccccc12. The van der Waals surface area contributed by atoms with Crippen molar-refractivity contribution in [3.05, 3.63) is 90.5 Å². The monoisotopic (exact) mass is 381 g/mol. The van der Waals surface area contributed by atoms with Crippen molar-refractivity contribution in [2.45, 2.75) is 0 Å². The first kappa shape index (κ1) is 17.7. The highest BCUT2D eigenvalue weighted by molar-refractivity contribution is 6.07. The highest BCUT2D eigenvalue weighted by atomic mass is 16.5. The molecule has 5 rings (SSSR count). The first-order valence-corrected chi connectivity index (χ1v) is 10.0. The smallest absolute Gasteiger partial charge is 0.0659 e. The van der Waals surface area contributed by atoms with E-state index in [1.54, 1.807) is 0 Å². The van der Waals surface area contributed by atoms with E-state index in [2.05, 4.69) is 94.5 Å². The fourth-order valence-electron chi connectivity index (χ4n) is 3.93. The lowest BCUT2D eigenvalue weighted by atomic mass is 10.1. The van der Waals surface area contributed by atoms with Gasteiger partial charge < -0.3 is 9.30 Å². The molecule has 1 aliphatic heterocycles. The van der Waals surface area contributed by atoms with Gasteiger partial charge in [0.05, 0.1) is 43.7 Å². The minimum atomic E-state index is 0.731. The molecule has 3 aromatic carbocycles. The Balaban J connectivity index is 1.76. The van der Waals surface area contributed by atoms with Crippen LogP contribution in [0.25, 0.3) is 27.8 Å². The van der Waals surface area contributed by atoms with Crippen LogP contribution in [0.2, 0.25) is 0 Å². The van der Waals surface area contributed by atoms with Gasteiger partial charge in [0.1, 0.15) is 0 Å². The van der Waals surface area contributed by atoms with Crippen molar-refractivity contribution in [1.82, 2.24) is 9.58 Å². The van der Waals surface area contributed by atoms with Crippen molar-refractivity contribution in [2.75, 3.05) is 26.3 Å². The van der Waals surface area contributed by atoms with Crippen molar-refractivity contribution in [3.8, 4) is 16.9 Å². The molecule has 0 saturated carbocycles. The van der Waals surface area contributed by atoms with Crippen molar-refractivity contribution >= 4 is 17.1 Å². The van der Waals surface area contributed by atoms with Crippen LogP contribution >= 0.6 is 0 Å². The summed E-state index contributed by atoms with van der Waals surface area (Å²) in [6, 6.07) is 29.7. The van der Waals surface area contributed by atoms with Gasteiger partial charge >= 0.3 is 0 Å². The predicted molar refractivity (Wildman–Crippen MR) is 119 cm³/mol. The Morgan fingerprint density at radius 1 is 0.759 bits per heavy atom. The van der Waals surface area contributed by atoms with Crippen LogP contribution in [0.1, 0.15) is 5.56 Å². The van der Waals surface area contributed by atoms with Gasteiger partial charge in [0.2, 0.25) is 0 Å². The van der Waals surface area contributed by atoms with E-state index in [0.29, 0.717) is 0 Å². The van der Waals surface area contributed by atoms with Crippen LogP contribution in [-0.2, 0) is 4.74 Å². The lowest BCUT2D eigenvalue weighted by Crippen LogP contribution is -2.32. The molecular weight excluding hydrogens is 358 g/mol. The standard InChI is InChI=1S/C25H23N3O/c1-3-9-20(10-4-1)25-23(19-26-27-15-17-29-18-16-27)22-13-7-8-14-24(22)28(25)21-11-5-2-6-12-21/h1-14,19H,15-18H2. The molecule has 0 bridgehead atoms. The Labute approximate surface area is 170 Å². The van der Waals surface area contributed by atoms with Crippen LogP contribution in [0.4, 0.5) is 0 Å². The maximum atomic E-state index is 5.46. The van der Waals surface area contributed by atoms with Crippen molar-refractivity contribution in [3.63, 3.8) is 0 Å². The molecule has 0 spiro atoms. The van der Waals surface area contributed by atoms with Gasteiger partial charge in [0, 0.05) is 16.6 Å². The molecule has 0 atom stereocenters. The summed E-state index contributed by atoms with van der Waals surface area (Å²) in [6.45, 7) is 3.12. The number of ether oxygens (including phenoxy) is 1. The van der Waals surface area contributed by atoms with Gasteiger partial charge in [-0.25, -0.2) is 0 Å². The van der Waals surface area contributed by atoms with Gasteiger partial charge in [-0.3, -0.25) is 5.01 Å². The molecule has 4 heteroatoms. The number of benzene rings is 3. The Hall–Kier alpha value is -3.37. The van der Waals surface area contributed by atoms with Crippen molar-refractivity contribution in [2.24, 2.45) is 5.10 Å². The quantitative estimate of drug-likeness (QED) is 0.468. The zero-order valence-electron chi connectivity index (χ0n) is 16.2. The zero-order chi connectivity index (χ0) is 19.5. The molecule has 0 N–H and O–H groups in total. The summed E-state index contributed by atoms with van der Waals surface area (Å²) >= 11 is 0. The molecular formula is C25H23N3O. The van der Waals surface area contributed by atoms with E-state index in [4.69, 9.17) is 9.84 Å². The van der Waals surface area contributed by atoms with E-state index in [9.17, 15) is 0 Å². The highest BCUT2D eigenvalue weighted by Crippen LogP contribution is 2.35. The van der Waals surface area contributed by atoms with E-state index in [0.717, 1.165) is 43.2 Å². The number of para-hydroxylation sites is 2. The van der Waals surface area contributed by atoms with E-state index in [1.807, 2.05) is 6.21 Å². The fraction of sp³-hybridized carbons (Fsp3) is 0.160. The van der Waals surface area contributed by atoms with Crippen LogP contribution in [0.5, 0.6) is 0 Å². The second kappa shape index (κ2) is 7.94. The first-order chi connectivity index (χ1) is 14.4. The molecule has 1 fully saturated rings. The molecule has 1 aromatic heterocycles. The van der Waals surface area contributed by atoms with Gasteiger partial charge in [0.15, 0.2) is 0 Å². The molecule has 0 unspecified atom stereocenters. The first-order valence-electron chi connectivity index (χ1n) is 10.0. The Morgan fingerprint density at radius 2 is 1.41 bits per heavy atom. The van der Waals surface area contributed by atoms with Gasteiger partial charge in [0.25, 0.3) is 0 Å². The number of hydrogen-bond donors (Lipinski definition) is 0. The average molecular weight is 381 g/mol. The third-order valence-corrected chi connectivity index (χ3v) is 5.31. The summed E-state index contributed by atoms with van der Waals surface area (Å²) in [5.41, 5.74) is 5.81. The Morgan fingerprint density at radius 3 is 2.17 bits per heavy atom. The summed E-state index contributed by atoms with van der Waals surface area (Å²) in [7, 11) is 0. The minimum absolute atomic E-state index is 0.731. The van der Waals surface area contributed by atoms with Gasteiger partial charge in [-0.05, 0) is 23.8 Å². The van der Waals surface area contributed by atoms with Crippen LogP contribution in [-0.4, -0.2) is 42.1 Å². The molecule has 1 saturated heterocycles. The van der Waals surface area contributed by atoms with Crippen molar-refractivity contribution in [1.29, 1.82) is 0 Å². The Kier molecular flexibility index (Phi) is 4.85. The molecule has 0 radical (unpaired) electrons. The number of hydrazone groups is 1. The minimum Gasteiger partial charge on any atom is -0.378 e. The van der Waals surface area contributed by atoms with E-state index < -0.39 is 0 Å². The van der Waals surface area contributed by atoms with Gasteiger partial charge in [-0.1, -0.05) is 66.7 Å². The molecule has 0 aliphatic carbocycles. The number of hydrogen-bond acceptors (Lipinski definition) is 3. The third-order valence-electron chi connectivity index (χ3n) is 5.31. The van der Waals surface area contributed by atoms with Crippen molar-refractivity contribution < 1.29 is 4.74 Å². The molecule has 4 nitrogen and oxygen atoms in total. The third kappa shape index (κ3) is 3.43. The summed E-state index contributed by atoms with van der Waals surface area (Å²) < 4.78 is 7.80. The second-order valence-corrected chi connectivity index (χ2v) is 7.13.